The minimum absolute atomic E-state index is 0.715. The van der Waals surface area contributed by atoms with E-state index in [0.717, 1.165) is 5.92 Å². The summed E-state index contributed by atoms with van der Waals surface area (Å²) in [6.07, 6.45) is 14.3. The predicted molar refractivity (Wildman–Crippen MR) is 46.2 cm³/mol. The van der Waals surface area contributed by atoms with Crippen LogP contribution in [0.15, 0.2) is 23.8 Å². The molecule has 3 aliphatic carbocycles. The van der Waals surface area contributed by atoms with Crippen LogP contribution < -0.4 is 0 Å². The molecule has 0 amide bonds. The zero-order valence-electron chi connectivity index (χ0n) is 6.84. The van der Waals surface area contributed by atoms with E-state index in [4.69, 9.17) is 0 Å². The molecule has 0 aromatic heterocycles. The third kappa shape index (κ3) is 0.654. The summed E-state index contributed by atoms with van der Waals surface area (Å²) in [7, 11) is 0. The van der Waals surface area contributed by atoms with E-state index < -0.39 is 0 Å². The predicted octanol–water partition coefficient (Wildman–Crippen LogP) is 3.06. The summed E-state index contributed by atoms with van der Waals surface area (Å²) in [6.45, 7) is 0. The second-order valence-electron chi connectivity index (χ2n) is 4.25. The first kappa shape index (κ1) is 6.05. The maximum atomic E-state index is 2.41. The van der Waals surface area contributed by atoms with E-state index in [9.17, 15) is 0 Å². The Kier molecular flexibility index (Phi) is 0.988. The third-order valence-corrected chi connectivity index (χ3v) is 3.73. The van der Waals surface area contributed by atoms with Crippen LogP contribution >= 0.6 is 0 Å². The van der Waals surface area contributed by atoms with Crippen LogP contribution in [0.4, 0.5) is 0 Å². The Morgan fingerprint density at radius 2 is 2.36 bits per heavy atom. The molecule has 0 heteroatoms. The molecule has 2 atom stereocenters. The molecule has 58 valence electrons. The van der Waals surface area contributed by atoms with Crippen molar-refractivity contribution in [2.75, 3.05) is 0 Å². The van der Waals surface area contributed by atoms with Gasteiger partial charge in [-0.2, -0.15) is 0 Å². The minimum Gasteiger partial charge on any atom is -0.0805 e. The lowest BCUT2D eigenvalue weighted by Gasteiger charge is -2.27. The minimum atomic E-state index is 0.715. The maximum Gasteiger partial charge on any atom is -0.00159 e. The molecular formula is C11H14. The first-order chi connectivity index (χ1) is 5.42. The maximum absolute atomic E-state index is 2.41. The Labute approximate surface area is 68.0 Å². The molecule has 11 heavy (non-hydrogen) atoms. The quantitative estimate of drug-likeness (QED) is 0.492. The van der Waals surface area contributed by atoms with Crippen LogP contribution in [-0.4, -0.2) is 0 Å². The fourth-order valence-corrected chi connectivity index (χ4v) is 2.96. The molecule has 2 unspecified atom stereocenters. The van der Waals surface area contributed by atoms with Gasteiger partial charge < -0.3 is 0 Å². The van der Waals surface area contributed by atoms with Crippen molar-refractivity contribution >= 4 is 0 Å². The van der Waals surface area contributed by atoms with Gasteiger partial charge in [0.2, 0.25) is 0 Å². The van der Waals surface area contributed by atoms with Gasteiger partial charge in [-0.05, 0) is 37.0 Å². The standard InChI is InChI=1S/C11H14/c1-2-7-11-8-10(11)6-3-5-9(11)4-1/h3,5-6,10H,1-2,4,7-8H2. The average molecular weight is 146 g/mol. The van der Waals surface area contributed by atoms with Crippen molar-refractivity contribution in [3.05, 3.63) is 23.8 Å². The highest BCUT2D eigenvalue weighted by molar-refractivity contribution is 5.37. The summed E-state index contributed by atoms with van der Waals surface area (Å²) in [6, 6.07) is 0. The van der Waals surface area contributed by atoms with Gasteiger partial charge in [0.1, 0.15) is 0 Å². The highest BCUT2D eigenvalue weighted by atomic mass is 14.6. The molecule has 0 radical (unpaired) electrons. The number of hydrogen-bond donors (Lipinski definition) is 0. The molecule has 2 saturated carbocycles. The van der Waals surface area contributed by atoms with Crippen molar-refractivity contribution in [3.63, 3.8) is 0 Å². The summed E-state index contributed by atoms with van der Waals surface area (Å²) >= 11 is 0. The van der Waals surface area contributed by atoms with Crippen molar-refractivity contribution < 1.29 is 0 Å². The molecule has 1 spiro atoms. The largest absolute Gasteiger partial charge is 0.0805 e. The zero-order valence-corrected chi connectivity index (χ0v) is 6.84. The van der Waals surface area contributed by atoms with Crippen molar-refractivity contribution in [1.82, 2.24) is 0 Å². The molecule has 3 aliphatic rings. The van der Waals surface area contributed by atoms with Gasteiger partial charge in [0.05, 0.1) is 0 Å². The van der Waals surface area contributed by atoms with E-state index in [1.165, 1.54) is 32.1 Å². The molecule has 0 heterocycles. The zero-order chi connectivity index (χ0) is 7.31. The van der Waals surface area contributed by atoms with Crippen molar-refractivity contribution in [2.45, 2.75) is 32.1 Å². The molecule has 0 saturated heterocycles. The fourth-order valence-electron chi connectivity index (χ4n) is 2.96. The van der Waals surface area contributed by atoms with E-state index in [-0.39, 0.29) is 0 Å². The summed E-state index contributed by atoms with van der Waals surface area (Å²) in [4.78, 5) is 0. The van der Waals surface area contributed by atoms with Crippen LogP contribution in [0.2, 0.25) is 0 Å². The topological polar surface area (TPSA) is 0 Å². The van der Waals surface area contributed by atoms with E-state index in [0.29, 0.717) is 5.41 Å². The highest BCUT2D eigenvalue weighted by Crippen LogP contribution is 2.65. The normalized spacial score (nSPS) is 45.8. The third-order valence-electron chi connectivity index (χ3n) is 3.73. The lowest BCUT2D eigenvalue weighted by atomic mass is 9.78. The second-order valence-corrected chi connectivity index (χ2v) is 4.25. The van der Waals surface area contributed by atoms with Gasteiger partial charge in [0, 0.05) is 0 Å². The van der Waals surface area contributed by atoms with E-state index in [2.05, 4.69) is 18.2 Å². The average Bonchev–Trinajstić information content (AvgIpc) is 2.75. The molecule has 2 fully saturated rings. The van der Waals surface area contributed by atoms with E-state index >= 15 is 0 Å². The van der Waals surface area contributed by atoms with Gasteiger partial charge in [0.15, 0.2) is 0 Å². The molecule has 0 aromatic rings. The van der Waals surface area contributed by atoms with E-state index in [1.54, 1.807) is 5.57 Å². The van der Waals surface area contributed by atoms with Crippen molar-refractivity contribution in [2.24, 2.45) is 11.3 Å². The summed E-state index contributed by atoms with van der Waals surface area (Å²) in [5, 5.41) is 0. The van der Waals surface area contributed by atoms with Crippen LogP contribution in [0, 0.1) is 11.3 Å². The molecule has 0 aliphatic heterocycles. The summed E-state index contributed by atoms with van der Waals surface area (Å²) in [5.41, 5.74) is 2.49. The van der Waals surface area contributed by atoms with Gasteiger partial charge in [-0.25, -0.2) is 0 Å². The first-order valence-electron chi connectivity index (χ1n) is 4.80. The lowest BCUT2D eigenvalue weighted by molar-refractivity contribution is 0.416. The Balaban J connectivity index is 2.02. The van der Waals surface area contributed by atoms with Crippen molar-refractivity contribution in [3.8, 4) is 0 Å². The Hall–Kier alpha value is -0.520. The highest BCUT2D eigenvalue weighted by Gasteiger charge is 2.55. The Bertz CT molecular complexity index is 247. The molecule has 0 aromatic carbocycles. The van der Waals surface area contributed by atoms with Crippen LogP contribution in [0.25, 0.3) is 0 Å². The SMILES string of the molecule is C1=CC2CC23CCCCC3=C1. The number of allylic oxidation sites excluding steroid dienone is 4. The molecule has 0 N–H and O–H groups in total. The smallest absolute Gasteiger partial charge is 0.00159 e. The van der Waals surface area contributed by atoms with Gasteiger partial charge in [-0.3, -0.25) is 0 Å². The van der Waals surface area contributed by atoms with Crippen LogP contribution in [-0.2, 0) is 0 Å². The monoisotopic (exact) mass is 146 g/mol. The van der Waals surface area contributed by atoms with E-state index in [1.807, 2.05) is 0 Å². The Morgan fingerprint density at radius 3 is 3.27 bits per heavy atom. The number of rotatable bonds is 0. The number of hydrogen-bond acceptors (Lipinski definition) is 0. The van der Waals surface area contributed by atoms with Gasteiger partial charge in [-0.15, -0.1) is 0 Å². The van der Waals surface area contributed by atoms with Crippen LogP contribution in [0.1, 0.15) is 32.1 Å². The van der Waals surface area contributed by atoms with Crippen LogP contribution in [0.3, 0.4) is 0 Å². The van der Waals surface area contributed by atoms with Gasteiger partial charge >= 0.3 is 0 Å². The first-order valence-corrected chi connectivity index (χ1v) is 4.80. The van der Waals surface area contributed by atoms with Gasteiger partial charge in [-0.1, -0.05) is 30.2 Å². The van der Waals surface area contributed by atoms with Crippen molar-refractivity contribution in [1.29, 1.82) is 0 Å². The molecule has 3 rings (SSSR count). The second kappa shape index (κ2) is 1.80. The summed E-state index contributed by atoms with van der Waals surface area (Å²) in [5.74, 6) is 0.947. The Morgan fingerprint density at radius 1 is 1.36 bits per heavy atom. The van der Waals surface area contributed by atoms with Gasteiger partial charge in [0.25, 0.3) is 0 Å². The van der Waals surface area contributed by atoms with Crippen LogP contribution in [0.5, 0.6) is 0 Å². The molecular weight excluding hydrogens is 132 g/mol. The fraction of sp³-hybridized carbons (Fsp3) is 0.636. The molecule has 0 bridgehead atoms. The lowest BCUT2D eigenvalue weighted by Crippen LogP contribution is -2.14. The summed E-state index contributed by atoms with van der Waals surface area (Å²) < 4.78 is 0. The molecule has 0 nitrogen and oxygen atoms in total.